The fourth-order valence-corrected chi connectivity index (χ4v) is 3.38. The van der Waals surface area contributed by atoms with Gasteiger partial charge in [0.15, 0.2) is 0 Å². The van der Waals surface area contributed by atoms with Crippen molar-refractivity contribution in [3.8, 4) is 0 Å². The molecule has 8 heteroatoms. The molecule has 0 bridgehead atoms. The van der Waals surface area contributed by atoms with Gasteiger partial charge < -0.3 is 5.32 Å². The first kappa shape index (κ1) is 19.0. The Labute approximate surface area is 144 Å². The lowest BCUT2D eigenvalue weighted by atomic mass is 10.0. The van der Waals surface area contributed by atoms with Crippen LogP contribution < -0.4 is 10.5 Å². The van der Waals surface area contributed by atoms with Crippen LogP contribution in [0.1, 0.15) is 40.0 Å². The molecule has 0 aromatic heterocycles. The van der Waals surface area contributed by atoms with E-state index in [1.807, 2.05) is 0 Å². The minimum Gasteiger partial charge on any atom is -0.345 e. The Morgan fingerprint density at radius 3 is 2.32 bits per heavy atom. The number of sulfonamides is 1. The van der Waals surface area contributed by atoms with Crippen LogP contribution in [0.15, 0.2) is 35.2 Å². The number of aryl methyl sites for hydroxylation is 2. The van der Waals surface area contributed by atoms with Crippen molar-refractivity contribution >= 4 is 15.9 Å². The summed E-state index contributed by atoms with van der Waals surface area (Å²) in [6, 6.07) is 5.06. The van der Waals surface area contributed by atoms with Crippen molar-refractivity contribution in [1.29, 1.82) is 0 Å². The van der Waals surface area contributed by atoms with E-state index in [4.69, 9.17) is 5.14 Å². The third kappa shape index (κ3) is 4.21. The van der Waals surface area contributed by atoms with Crippen LogP contribution in [-0.4, -0.2) is 14.3 Å². The summed E-state index contributed by atoms with van der Waals surface area (Å²) >= 11 is 0. The highest BCUT2D eigenvalue weighted by molar-refractivity contribution is 7.89. The molecule has 5 nitrogen and oxygen atoms in total. The quantitative estimate of drug-likeness (QED) is 0.870. The molecule has 1 amide bonds. The van der Waals surface area contributed by atoms with Gasteiger partial charge in [-0.2, -0.15) is 0 Å². The van der Waals surface area contributed by atoms with Crippen LogP contribution in [-0.2, 0) is 10.0 Å². The Kier molecular flexibility index (Phi) is 5.24. The second-order valence-corrected chi connectivity index (χ2v) is 7.37. The molecule has 25 heavy (non-hydrogen) atoms. The normalized spacial score (nSPS) is 12.7. The van der Waals surface area contributed by atoms with Crippen LogP contribution in [0.25, 0.3) is 0 Å². The maximum atomic E-state index is 13.8. The summed E-state index contributed by atoms with van der Waals surface area (Å²) in [6.45, 7) is 4.77. The molecule has 0 radical (unpaired) electrons. The molecule has 0 unspecified atom stereocenters. The second-order valence-electron chi connectivity index (χ2n) is 5.84. The van der Waals surface area contributed by atoms with Crippen molar-refractivity contribution in [1.82, 2.24) is 5.32 Å². The number of carbonyl (C=O) groups is 1. The number of carbonyl (C=O) groups excluding carboxylic acids is 1. The van der Waals surface area contributed by atoms with Gasteiger partial charge in [-0.1, -0.05) is 12.1 Å². The summed E-state index contributed by atoms with van der Waals surface area (Å²) in [6.07, 6.45) is 0. The third-order valence-corrected chi connectivity index (χ3v) is 4.90. The van der Waals surface area contributed by atoms with Gasteiger partial charge in [0, 0.05) is 17.2 Å². The molecule has 0 saturated carbocycles. The van der Waals surface area contributed by atoms with Crippen LogP contribution in [0.5, 0.6) is 0 Å². The van der Waals surface area contributed by atoms with Gasteiger partial charge in [-0.05, 0) is 44.0 Å². The standard InChI is InChI=1S/C17H18F2N2O3S/c1-9-6-10(2)16(25(20,23)24)8-14(9)17(22)21-11(3)13-5-4-12(18)7-15(13)19/h4-8,11H,1-3H3,(H,21,22)(H2,20,23,24)/t11-/m1/s1. The van der Waals surface area contributed by atoms with Crippen LogP contribution in [0, 0.1) is 25.5 Å². The fourth-order valence-electron chi connectivity index (χ4n) is 2.59. The lowest BCUT2D eigenvalue weighted by Crippen LogP contribution is -2.28. The summed E-state index contributed by atoms with van der Waals surface area (Å²) in [5.41, 5.74) is 1.21. The lowest BCUT2D eigenvalue weighted by molar-refractivity contribution is 0.0938. The van der Waals surface area contributed by atoms with Gasteiger partial charge in [-0.3, -0.25) is 4.79 Å². The topological polar surface area (TPSA) is 89.3 Å². The molecule has 3 N–H and O–H groups in total. The predicted octanol–water partition coefficient (Wildman–Crippen LogP) is 2.72. The highest BCUT2D eigenvalue weighted by atomic mass is 32.2. The maximum Gasteiger partial charge on any atom is 0.252 e. The monoisotopic (exact) mass is 368 g/mol. The first-order valence-corrected chi connectivity index (χ1v) is 8.95. The molecule has 2 aromatic carbocycles. The van der Waals surface area contributed by atoms with E-state index >= 15 is 0 Å². The van der Waals surface area contributed by atoms with Gasteiger partial charge in [0.25, 0.3) is 5.91 Å². The zero-order chi connectivity index (χ0) is 18.9. The number of hydrogen-bond acceptors (Lipinski definition) is 3. The molecule has 1 atom stereocenters. The smallest absolute Gasteiger partial charge is 0.252 e. The average molecular weight is 368 g/mol. The Bertz CT molecular complexity index is 943. The van der Waals surface area contributed by atoms with E-state index in [2.05, 4.69) is 5.32 Å². The number of nitrogens with two attached hydrogens (primary N) is 1. The number of benzene rings is 2. The Balaban J connectivity index is 2.35. The maximum absolute atomic E-state index is 13.8. The van der Waals surface area contributed by atoms with Gasteiger partial charge in [-0.25, -0.2) is 22.3 Å². The first-order chi connectivity index (χ1) is 11.5. The molecule has 2 aromatic rings. The number of halogens is 2. The third-order valence-electron chi connectivity index (χ3n) is 3.85. The number of rotatable bonds is 4. The predicted molar refractivity (Wildman–Crippen MR) is 89.5 cm³/mol. The zero-order valence-electron chi connectivity index (χ0n) is 13.9. The average Bonchev–Trinajstić information content (AvgIpc) is 2.45. The van der Waals surface area contributed by atoms with Crippen molar-refractivity contribution in [2.24, 2.45) is 5.14 Å². The van der Waals surface area contributed by atoms with Crippen LogP contribution in [0.3, 0.4) is 0 Å². The molecule has 134 valence electrons. The van der Waals surface area contributed by atoms with Gasteiger partial charge in [-0.15, -0.1) is 0 Å². The van der Waals surface area contributed by atoms with Crippen LogP contribution in [0.4, 0.5) is 8.78 Å². The minimum atomic E-state index is -3.98. The number of nitrogens with one attached hydrogen (secondary N) is 1. The van der Waals surface area contributed by atoms with Crippen molar-refractivity contribution in [2.45, 2.75) is 31.7 Å². The van der Waals surface area contributed by atoms with Crippen molar-refractivity contribution in [2.75, 3.05) is 0 Å². The molecule has 2 rings (SSSR count). The summed E-state index contributed by atoms with van der Waals surface area (Å²) in [7, 11) is -3.98. The van der Waals surface area contributed by atoms with E-state index < -0.39 is 33.6 Å². The minimum absolute atomic E-state index is 0.115. The second kappa shape index (κ2) is 6.89. The summed E-state index contributed by atoms with van der Waals surface area (Å²) in [5, 5.41) is 7.73. The molecule has 0 aliphatic rings. The number of hydrogen-bond donors (Lipinski definition) is 2. The SMILES string of the molecule is Cc1cc(C)c(S(N)(=O)=O)cc1C(=O)N[C@H](C)c1ccc(F)cc1F. The molecule has 0 aliphatic carbocycles. The van der Waals surface area contributed by atoms with Gasteiger partial charge in [0.05, 0.1) is 10.9 Å². The molecular weight excluding hydrogens is 350 g/mol. The summed E-state index contributed by atoms with van der Waals surface area (Å²) in [5.74, 6) is -2.08. The molecule has 0 aliphatic heterocycles. The Morgan fingerprint density at radius 1 is 1.12 bits per heavy atom. The van der Waals surface area contributed by atoms with Gasteiger partial charge in [0.2, 0.25) is 10.0 Å². The van der Waals surface area contributed by atoms with E-state index in [0.717, 1.165) is 12.1 Å². The van der Waals surface area contributed by atoms with E-state index in [1.54, 1.807) is 20.8 Å². The molecule has 0 heterocycles. The van der Waals surface area contributed by atoms with E-state index in [9.17, 15) is 22.0 Å². The first-order valence-electron chi connectivity index (χ1n) is 7.40. The van der Waals surface area contributed by atoms with Crippen molar-refractivity contribution < 1.29 is 22.0 Å². The Hall–Kier alpha value is -2.32. The largest absolute Gasteiger partial charge is 0.345 e. The number of primary sulfonamides is 1. The van der Waals surface area contributed by atoms with E-state index in [1.165, 1.54) is 18.2 Å². The summed E-state index contributed by atoms with van der Waals surface area (Å²) < 4.78 is 50.1. The highest BCUT2D eigenvalue weighted by Crippen LogP contribution is 2.22. The molecule has 0 saturated heterocycles. The Morgan fingerprint density at radius 2 is 1.76 bits per heavy atom. The zero-order valence-corrected chi connectivity index (χ0v) is 14.7. The van der Waals surface area contributed by atoms with Crippen LogP contribution in [0.2, 0.25) is 0 Å². The van der Waals surface area contributed by atoms with E-state index in [0.29, 0.717) is 11.1 Å². The lowest BCUT2D eigenvalue weighted by Gasteiger charge is -2.17. The van der Waals surface area contributed by atoms with Crippen LogP contribution >= 0.6 is 0 Å². The van der Waals surface area contributed by atoms with Gasteiger partial charge >= 0.3 is 0 Å². The van der Waals surface area contributed by atoms with Crippen molar-refractivity contribution in [3.05, 3.63) is 64.2 Å². The highest BCUT2D eigenvalue weighted by Gasteiger charge is 2.20. The van der Waals surface area contributed by atoms with Crippen molar-refractivity contribution in [3.63, 3.8) is 0 Å². The fraction of sp³-hybridized carbons (Fsp3) is 0.235. The summed E-state index contributed by atoms with van der Waals surface area (Å²) in [4.78, 5) is 12.3. The molecule has 0 fully saturated rings. The molecular formula is C17H18F2N2O3S. The van der Waals surface area contributed by atoms with Gasteiger partial charge in [0.1, 0.15) is 11.6 Å². The van der Waals surface area contributed by atoms with E-state index in [-0.39, 0.29) is 16.0 Å². The molecule has 0 spiro atoms. The number of amides is 1.